The average Bonchev–Trinajstić information content (AvgIpc) is 3.35. The Labute approximate surface area is 240 Å². The molecule has 0 bridgehead atoms. The molecule has 2 heterocycles. The molecule has 0 radical (unpaired) electrons. The number of sulfone groups is 1. The molecular formula is C32H35NO5S2. The van der Waals surface area contributed by atoms with Crippen LogP contribution in [0.25, 0.3) is 20.5 Å². The quantitative estimate of drug-likeness (QED) is 0.194. The van der Waals surface area contributed by atoms with Crippen LogP contribution in [-0.2, 0) is 9.84 Å². The molecule has 0 amide bonds. The van der Waals surface area contributed by atoms with E-state index in [1.54, 1.807) is 54.6 Å². The molecule has 1 aliphatic rings. The lowest BCUT2D eigenvalue weighted by Gasteiger charge is -2.26. The summed E-state index contributed by atoms with van der Waals surface area (Å²) in [6.45, 7) is 5.73. The van der Waals surface area contributed by atoms with Crippen LogP contribution in [0.1, 0.15) is 54.9 Å². The maximum atomic E-state index is 13.9. The minimum atomic E-state index is -3.35. The zero-order valence-corrected chi connectivity index (χ0v) is 24.4. The fraction of sp³-hybridized carbons (Fsp3) is 0.344. The Hall–Kier alpha value is -3.20. The Kier molecular flexibility index (Phi) is 8.88. The van der Waals surface area contributed by atoms with Crippen LogP contribution in [0.4, 0.5) is 0 Å². The van der Waals surface area contributed by atoms with Crippen LogP contribution in [0.5, 0.6) is 11.5 Å². The first kappa shape index (κ1) is 28.3. The molecule has 3 aromatic carbocycles. The van der Waals surface area contributed by atoms with Gasteiger partial charge in [-0.2, -0.15) is 0 Å². The Morgan fingerprint density at radius 3 is 2.40 bits per heavy atom. The zero-order valence-electron chi connectivity index (χ0n) is 22.8. The summed E-state index contributed by atoms with van der Waals surface area (Å²) < 4.78 is 32.1. The van der Waals surface area contributed by atoms with Gasteiger partial charge in [-0.15, -0.1) is 11.3 Å². The lowest BCUT2D eigenvalue weighted by Crippen LogP contribution is -2.33. The van der Waals surface area contributed by atoms with Crippen molar-refractivity contribution in [2.24, 2.45) is 0 Å². The fourth-order valence-electron chi connectivity index (χ4n) is 5.10. The highest BCUT2D eigenvalue weighted by molar-refractivity contribution is 7.91. The number of carbonyl (C=O) groups is 1. The minimum absolute atomic E-state index is 0.118. The first-order chi connectivity index (χ1) is 19.4. The SMILES string of the molecule is CCCCS(=O)(=O)c1ccc(-c2sc3cc(O)ccc3c2C(=O)c2ccc(OCCN3CCCCC3)cc2)cc1. The number of nitrogens with zero attached hydrogens (tertiary/aromatic N) is 1. The highest BCUT2D eigenvalue weighted by Crippen LogP contribution is 2.41. The summed E-state index contributed by atoms with van der Waals surface area (Å²) >= 11 is 1.41. The second-order valence-corrected chi connectivity index (χ2v) is 13.4. The Balaban J connectivity index is 1.40. The lowest BCUT2D eigenvalue weighted by atomic mass is 9.97. The normalized spacial score (nSPS) is 14.4. The number of benzene rings is 3. The van der Waals surface area contributed by atoms with E-state index in [1.165, 1.54) is 30.6 Å². The first-order valence-corrected chi connectivity index (χ1v) is 16.4. The molecule has 0 spiro atoms. The molecule has 1 saturated heterocycles. The molecule has 8 heteroatoms. The largest absolute Gasteiger partial charge is 0.508 e. The third-order valence-electron chi connectivity index (χ3n) is 7.38. The predicted octanol–water partition coefficient (Wildman–Crippen LogP) is 6.94. The van der Waals surface area contributed by atoms with Crippen LogP contribution < -0.4 is 4.74 Å². The van der Waals surface area contributed by atoms with Crippen molar-refractivity contribution in [2.75, 3.05) is 32.0 Å². The zero-order chi connectivity index (χ0) is 28.1. The van der Waals surface area contributed by atoms with Crippen LogP contribution in [0.2, 0.25) is 0 Å². The smallest absolute Gasteiger partial charge is 0.195 e. The van der Waals surface area contributed by atoms with Gasteiger partial charge < -0.3 is 9.84 Å². The predicted molar refractivity (Wildman–Crippen MR) is 162 cm³/mol. The van der Waals surface area contributed by atoms with Crippen LogP contribution in [-0.4, -0.2) is 56.2 Å². The summed E-state index contributed by atoms with van der Waals surface area (Å²) in [5, 5.41) is 10.8. The molecule has 0 aliphatic carbocycles. The van der Waals surface area contributed by atoms with Gasteiger partial charge in [0.15, 0.2) is 15.6 Å². The number of thiophene rings is 1. The summed E-state index contributed by atoms with van der Waals surface area (Å²) in [6.07, 6.45) is 5.23. The van der Waals surface area contributed by atoms with E-state index >= 15 is 0 Å². The summed E-state index contributed by atoms with van der Waals surface area (Å²) in [5.74, 6) is 0.843. The molecule has 6 nitrogen and oxygen atoms in total. The first-order valence-electron chi connectivity index (χ1n) is 13.9. The molecule has 0 unspecified atom stereocenters. The summed E-state index contributed by atoms with van der Waals surface area (Å²) in [6, 6.07) is 19.0. The van der Waals surface area contributed by atoms with Gasteiger partial charge in [-0.1, -0.05) is 31.9 Å². The van der Waals surface area contributed by atoms with Gasteiger partial charge in [-0.25, -0.2) is 8.42 Å². The monoisotopic (exact) mass is 577 g/mol. The molecule has 0 saturated carbocycles. The summed E-state index contributed by atoms with van der Waals surface area (Å²) in [4.78, 5) is 17.3. The molecule has 5 rings (SSSR count). The van der Waals surface area contributed by atoms with Crippen molar-refractivity contribution in [1.29, 1.82) is 0 Å². The summed E-state index contributed by atoms with van der Waals surface area (Å²) in [7, 11) is -3.35. The van der Waals surface area contributed by atoms with Crippen LogP contribution >= 0.6 is 11.3 Å². The van der Waals surface area contributed by atoms with Gasteiger partial charge >= 0.3 is 0 Å². The molecular weight excluding hydrogens is 542 g/mol. The number of phenolic OH excluding ortho intramolecular Hbond substituents is 1. The number of rotatable bonds is 11. The van der Waals surface area contributed by atoms with Crippen LogP contribution in [0.15, 0.2) is 71.6 Å². The van der Waals surface area contributed by atoms with Crippen LogP contribution in [0.3, 0.4) is 0 Å². The maximum Gasteiger partial charge on any atom is 0.195 e. The lowest BCUT2D eigenvalue weighted by molar-refractivity contribution is 0.104. The number of ketones is 1. The van der Waals surface area contributed by atoms with Gasteiger partial charge in [0.2, 0.25) is 0 Å². The van der Waals surface area contributed by atoms with Gasteiger partial charge in [0, 0.05) is 32.6 Å². The Morgan fingerprint density at radius 1 is 0.975 bits per heavy atom. The second kappa shape index (κ2) is 12.5. The van der Waals surface area contributed by atoms with Crippen molar-refractivity contribution in [1.82, 2.24) is 4.90 Å². The molecule has 40 heavy (non-hydrogen) atoms. The van der Waals surface area contributed by atoms with Gasteiger partial charge in [-0.3, -0.25) is 9.69 Å². The van der Waals surface area contributed by atoms with Crippen molar-refractivity contribution in [2.45, 2.75) is 43.9 Å². The van der Waals surface area contributed by atoms with Gasteiger partial charge in [0.05, 0.1) is 10.6 Å². The van der Waals surface area contributed by atoms with Crippen molar-refractivity contribution < 1.29 is 23.1 Å². The van der Waals surface area contributed by atoms with E-state index in [0.29, 0.717) is 24.2 Å². The summed E-state index contributed by atoms with van der Waals surface area (Å²) in [5.41, 5.74) is 1.84. The van der Waals surface area contributed by atoms with E-state index in [1.807, 2.05) is 19.1 Å². The number of hydrogen-bond donors (Lipinski definition) is 1. The molecule has 210 valence electrons. The topological polar surface area (TPSA) is 83.9 Å². The third kappa shape index (κ3) is 6.40. The fourth-order valence-corrected chi connectivity index (χ4v) is 7.80. The number of phenols is 1. The molecule has 1 N–H and O–H groups in total. The highest BCUT2D eigenvalue weighted by Gasteiger charge is 2.23. The average molecular weight is 578 g/mol. The Morgan fingerprint density at radius 2 is 1.70 bits per heavy atom. The van der Waals surface area contributed by atoms with Gasteiger partial charge in [0.1, 0.15) is 18.1 Å². The minimum Gasteiger partial charge on any atom is -0.508 e. The van der Waals surface area contributed by atoms with E-state index in [4.69, 9.17) is 4.74 Å². The second-order valence-electron chi connectivity index (χ2n) is 10.3. The standard InChI is InChI=1S/C32H35NO5S2/c1-2-3-21-40(36,37)27-14-9-24(10-15-27)32-30(28-16-11-25(34)22-29(28)39-32)31(35)23-7-12-26(13-8-23)38-20-19-33-17-5-4-6-18-33/h7-16,22,34H,2-6,17-21H2,1H3. The number of carbonyl (C=O) groups excluding carboxylic acids is 1. The molecule has 1 aliphatic heterocycles. The number of ether oxygens (including phenoxy) is 1. The number of piperidine rings is 1. The van der Waals surface area contributed by atoms with E-state index in [9.17, 15) is 18.3 Å². The van der Waals surface area contributed by atoms with Crippen molar-refractivity contribution in [3.05, 3.63) is 77.9 Å². The molecule has 1 aromatic heterocycles. The van der Waals surface area contributed by atoms with E-state index in [2.05, 4.69) is 4.90 Å². The number of likely N-dealkylation sites (tertiary alicyclic amines) is 1. The third-order valence-corrected chi connectivity index (χ3v) is 10.4. The number of hydrogen-bond acceptors (Lipinski definition) is 7. The maximum absolute atomic E-state index is 13.9. The number of fused-ring (bicyclic) bond motifs is 1. The number of aromatic hydroxyl groups is 1. The Bertz CT molecular complexity index is 1570. The molecule has 4 aromatic rings. The van der Waals surface area contributed by atoms with Gasteiger partial charge in [0.25, 0.3) is 0 Å². The van der Waals surface area contributed by atoms with E-state index in [0.717, 1.165) is 52.3 Å². The van der Waals surface area contributed by atoms with Crippen molar-refractivity contribution in [3.63, 3.8) is 0 Å². The molecule has 0 atom stereocenters. The van der Waals surface area contributed by atoms with Gasteiger partial charge in [-0.05, 0) is 92.5 Å². The van der Waals surface area contributed by atoms with Crippen molar-refractivity contribution >= 4 is 37.0 Å². The van der Waals surface area contributed by atoms with E-state index in [-0.39, 0.29) is 22.2 Å². The van der Waals surface area contributed by atoms with Crippen molar-refractivity contribution in [3.8, 4) is 21.9 Å². The highest BCUT2D eigenvalue weighted by atomic mass is 32.2. The van der Waals surface area contributed by atoms with E-state index < -0.39 is 9.84 Å². The number of unbranched alkanes of at least 4 members (excludes halogenated alkanes) is 1. The van der Waals surface area contributed by atoms with Crippen LogP contribution in [0, 0.1) is 0 Å². The molecule has 1 fully saturated rings.